The minimum atomic E-state index is -0.688. The average Bonchev–Trinajstić information content (AvgIpc) is 2.39. The van der Waals surface area contributed by atoms with Crippen molar-refractivity contribution in [2.45, 2.75) is 6.54 Å². The van der Waals surface area contributed by atoms with Crippen LogP contribution in [0, 0.1) is 5.82 Å². The molecule has 1 aromatic heterocycles. The number of amides is 1. The number of nitrogens with two attached hydrogens (primary N) is 2. The standard InChI is InChI=1S/C12H11FN4O2/c13-8-2-1-3-10(7(8)6-14)19-11-5-4-9(12(15)18)16-17-11/h1-5H,6,14H2,(H2,15,18). The second-order valence-corrected chi connectivity index (χ2v) is 3.64. The molecular formula is C12H11FN4O2. The van der Waals surface area contributed by atoms with Crippen molar-refractivity contribution >= 4 is 5.91 Å². The molecular weight excluding hydrogens is 251 g/mol. The minimum absolute atomic E-state index is 0.00515. The Morgan fingerprint density at radius 2 is 2.05 bits per heavy atom. The van der Waals surface area contributed by atoms with E-state index in [0.717, 1.165) is 0 Å². The Bertz CT molecular complexity index is 601. The summed E-state index contributed by atoms with van der Waals surface area (Å²) in [6, 6.07) is 7.13. The lowest BCUT2D eigenvalue weighted by Gasteiger charge is -2.09. The van der Waals surface area contributed by atoms with Crippen LogP contribution in [0.4, 0.5) is 4.39 Å². The van der Waals surface area contributed by atoms with Crippen molar-refractivity contribution in [2.75, 3.05) is 0 Å². The third-order valence-electron chi connectivity index (χ3n) is 2.39. The van der Waals surface area contributed by atoms with Crippen molar-refractivity contribution in [3.8, 4) is 11.6 Å². The van der Waals surface area contributed by atoms with Crippen LogP contribution < -0.4 is 16.2 Å². The zero-order valence-electron chi connectivity index (χ0n) is 9.84. The smallest absolute Gasteiger partial charge is 0.269 e. The lowest BCUT2D eigenvalue weighted by atomic mass is 10.2. The van der Waals surface area contributed by atoms with Crippen LogP contribution in [0.25, 0.3) is 0 Å². The average molecular weight is 262 g/mol. The van der Waals surface area contributed by atoms with Gasteiger partial charge in [-0.25, -0.2) is 4.39 Å². The Kier molecular flexibility index (Phi) is 3.67. The molecule has 0 aliphatic rings. The topological polar surface area (TPSA) is 104 Å². The lowest BCUT2D eigenvalue weighted by Crippen LogP contribution is -2.13. The Balaban J connectivity index is 2.26. The van der Waals surface area contributed by atoms with Crippen LogP contribution in [0.15, 0.2) is 30.3 Å². The number of halogens is 1. The SMILES string of the molecule is NCc1c(F)cccc1Oc1ccc(C(N)=O)nn1. The van der Waals surface area contributed by atoms with E-state index >= 15 is 0 Å². The quantitative estimate of drug-likeness (QED) is 0.854. The Morgan fingerprint density at radius 1 is 1.26 bits per heavy atom. The van der Waals surface area contributed by atoms with Crippen molar-refractivity contribution < 1.29 is 13.9 Å². The summed E-state index contributed by atoms with van der Waals surface area (Å²) < 4.78 is 18.8. The van der Waals surface area contributed by atoms with Gasteiger partial charge in [-0.1, -0.05) is 6.07 Å². The maximum Gasteiger partial charge on any atom is 0.269 e. The summed E-state index contributed by atoms with van der Waals surface area (Å²) in [5.41, 5.74) is 10.7. The first-order valence-electron chi connectivity index (χ1n) is 5.40. The van der Waals surface area contributed by atoms with Crippen LogP contribution in [-0.2, 0) is 6.54 Å². The van der Waals surface area contributed by atoms with Gasteiger partial charge in [-0.3, -0.25) is 4.79 Å². The second-order valence-electron chi connectivity index (χ2n) is 3.64. The maximum absolute atomic E-state index is 13.5. The van der Waals surface area contributed by atoms with Crippen molar-refractivity contribution in [1.29, 1.82) is 0 Å². The van der Waals surface area contributed by atoms with Crippen LogP contribution in [0.2, 0.25) is 0 Å². The van der Waals surface area contributed by atoms with Gasteiger partial charge in [0.05, 0.1) is 0 Å². The van der Waals surface area contributed by atoms with Crippen molar-refractivity contribution in [1.82, 2.24) is 10.2 Å². The first kappa shape index (κ1) is 12.9. The molecule has 0 aliphatic heterocycles. The zero-order valence-corrected chi connectivity index (χ0v) is 9.84. The van der Waals surface area contributed by atoms with E-state index in [2.05, 4.69) is 10.2 Å². The molecule has 0 saturated carbocycles. The predicted molar refractivity (Wildman–Crippen MR) is 64.9 cm³/mol. The van der Waals surface area contributed by atoms with Gasteiger partial charge in [-0.15, -0.1) is 10.2 Å². The number of hydrogen-bond donors (Lipinski definition) is 2. The number of rotatable bonds is 4. The highest BCUT2D eigenvalue weighted by Crippen LogP contribution is 2.25. The highest BCUT2D eigenvalue weighted by molar-refractivity contribution is 5.90. The first-order chi connectivity index (χ1) is 9.11. The minimum Gasteiger partial charge on any atom is -0.437 e. The van der Waals surface area contributed by atoms with Crippen molar-refractivity contribution in [2.24, 2.45) is 11.5 Å². The molecule has 1 aromatic carbocycles. The van der Waals surface area contributed by atoms with Gasteiger partial charge in [0.1, 0.15) is 11.6 Å². The molecule has 1 amide bonds. The van der Waals surface area contributed by atoms with Gasteiger partial charge in [-0.2, -0.15) is 0 Å². The molecule has 1 heterocycles. The molecule has 2 aromatic rings. The highest BCUT2D eigenvalue weighted by Gasteiger charge is 2.10. The van der Waals surface area contributed by atoms with E-state index in [9.17, 15) is 9.18 Å². The van der Waals surface area contributed by atoms with Gasteiger partial charge in [0.2, 0.25) is 5.88 Å². The van der Waals surface area contributed by atoms with E-state index in [1.807, 2.05) is 0 Å². The lowest BCUT2D eigenvalue weighted by molar-refractivity contribution is 0.0994. The molecule has 0 spiro atoms. The van der Waals surface area contributed by atoms with E-state index in [1.54, 1.807) is 6.07 Å². The fraction of sp³-hybridized carbons (Fsp3) is 0.0833. The normalized spacial score (nSPS) is 10.2. The molecule has 4 N–H and O–H groups in total. The summed E-state index contributed by atoms with van der Waals surface area (Å²) in [4.78, 5) is 10.8. The van der Waals surface area contributed by atoms with E-state index in [4.69, 9.17) is 16.2 Å². The largest absolute Gasteiger partial charge is 0.437 e. The molecule has 0 unspecified atom stereocenters. The highest BCUT2D eigenvalue weighted by atomic mass is 19.1. The van der Waals surface area contributed by atoms with E-state index < -0.39 is 11.7 Å². The number of carbonyl (C=O) groups excluding carboxylic acids is 1. The van der Waals surface area contributed by atoms with Crippen LogP contribution in [0.3, 0.4) is 0 Å². The molecule has 0 aliphatic carbocycles. The van der Waals surface area contributed by atoms with Gasteiger partial charge < -0.3 is 16.2 Å². The van der Waals surface area contributed by atoms with Crippen molar-refractivity contribution in [3.05, 3.63) is 47.4 Å². The van der Waals surface area contributed by atoms with Gasteiger partial charge in [0.25, 0.3) is 5.91 Å². The van der Waals surface area contributed by atoms with Crippen LogP contribution in [0.1, 0.15) is 16.1 Å². The number of nitrogens with zero attached hydrogens (tertiary/aromatic N) is 2. The summed E-state index contributed by atoms with van der Waals surface area (Å²) in [6.07, 6.45) is 0. The molecule has 19 heavy (non-hydrogen) atoms. The maximum atomic E-state index is 13.5. The van der Waals surface area contributed by atoms with E-state index in [1.165, 1.54) is 24.3 Å². The molecule has 0 saturated heterocycles. The van der Waals surface area contributed by atoms with E-state index in [-0.39, 0.29) is 29.4 Å². The van der Waals surface area contributed by atoms with Gasteiger partial charge >= 0.3 is 0 Å². The summed E-state index contributed by atoms with van der Waals surface area (Å²) in [7, 11) is 0. The number of ether oxygens (including phenoxy) is 1. The fourth-order valence-electron chi connectivity index (χ4n) is 1.45. The number of primary amides is 1. The van der Waals surface area contributed by atoms with Gasteiger partial charge in [-0.05, 0) is 18.2 Å². The molecule has 0 radical (unpaired) electrons. The summed E-state index contributed by atoms with van der Waals surface area (Å²) >= 11 is 0. The van der Waals surface area contributed by atoms with Gasteiger partial charge in [0, 0.05) is 18.2 Å². The summed E-state index contributed by atoms with van der Waals surface area (Å²) in [5.74, 6) is -0.775. The Morgan fingerprint density at radius 3 is 2.63 bits per heavy atom. The molecule has 0 atom stereocenters. The molecule has 7 heteroatoms. The molecule has 98 valence electrons. The van der Waals surface area contributed by atoms with Gasteiger partial charge in [0.15, 0.2) is 5.69 Å². The number of carbonyl (C=O) groups is 1. The number of benzene rings is 1. The Hall–Kier alpha value is -2.54. The second kappa shape index (κ2) is 5.40. The summed E-state index contributed by atoms with van der Waals surface area (Å²) in [5, 5.41) is 7.24. The zero-order chi connectivity index (χ0) is 13.8. The van der Waals surface area contributed by atoms with Crippen molar-refractivity contribution in [3.63, 3.8) is 0 Å². The Labute approximate surface area is 108 Å². The fourth-order valence-corrected chi connectivity index (χ4v) is 1.45. The van der Waals surface area contributed by atoms with Crippen LogP contribution in [0.5, 0.6) is 11.6 Å². The molecule has 0 bridgehead atoms. The first-order valence-corrected chi connectivity index (χ1v) is 5.40. The summed E-state index contributed by atoms with van der Waals surface area (Å²) in [6.45, 7) is -0.00515. The molecule has 6 nitrogen and oxygen atoms in total. The molecule has 2 rings (SSSR count). The number of hydrogen-bond acceptors (Lipinski definition) is 5. The van der Waals surface area contributed by atoms with Crippen LogP contribution >= 0.6 is 0 Å². The monoisotopic (exact) mass is 262 g/mol. The third-order valence-corrected chi connectivity index (χ3v) is 2.39. The predicted octanol–water partition coefficient (Wildman–Crippen LogP) is 0.966. The molecule has 0 fully saturated rings. The van der Waals surface area contributed by atoms with E-state index in [0.29, 0.717) is 0 Å². The third kappa shape index (κ3) is 2.83. The number of aromatic nitrogens is 2. The van der Waals surface area contributed by atoms with Crippen LogP contribution in [-0.4, -0.2) is 16.1 Å².